The molecule has 6 nitrogen and oxygen atoms in total. The summed E-state index contributed by atoms with van der Waals surface area (Å²) in [4.78, 5) is 2.58. The summed E-state index contributed by atoms with van der Waals surface area (Å²) in [6, 6.07) is 6.39. The molecule has 0 spiro atoms. The Bertz CT molecular complexity index is 830. The van der Waals surface area contributed by atoms with E-state index in [-0.39, 0.29) is 0 Å². The van der Waals surface area contributed by atoms with Gasteiger partial charge in [0.15, 0.2) is 0 Å². The summed E-state index contributed by atoms with van der Waals surface area (Å²) in [7, 11) is -3.49. The molecule has 24 heavy (non-hydrogen) atoms. The van der Waals surface area contributed by atoms with Crippen LogP contribution in [0, 0.1) is 27.7 Å². The van der Waals surface area contributed by atoms with Crippen LogP contribution in [-0.2, 0) is 10.0 Å². The maximum Gasteiger partial charge on any atom is 0.246 e. The molecule has 1 aromatic carbocycles. The van der Waals surface area contributed by atoms with Crippen LogP contribution in [0.1, 0.15) is 22.5 Å². The lowest BCUT2D eigenvalue weighted by Crippen LogP contribution is -2.49. The van der Waals surface area contributed by atoms with Crippen molar-refractivity contribution in [2.45, 2.75) is 32.6 Å². The van der Waals surface area contributed by atoms with Crippen LogP contribution in [0.3, 0.4) is 0 Å². The smallest absolute Gasteiger partial charge is 0.246 e. The Morgan fingerprint density at radius 1 is 1.04 bits per heavy atom. The summed E-state index contributed by atoms with van der Waals surface area (Å²) in [5, 5.41) is 6.78. The maximum absolute atomic E-state index is 12.9. The van der Waals surface area contributed by atoms with Gasteiger partial charge in [0, 0.05) is 31.9 Å². The van der Waals surface area contributed by atoms with Gasteiger partial charge in [-0.15, -0.1) is 0 Å². The lowest BCUT2D eigenvalue weighted by Gasteiger charge is -2.36. The fraction of sp³-hybridized carbons (Fsp3) is 0.471. The Morgan fingerprint density at radius 2 is 1.71 bits per heavy atom. The summed E-state index contributed by atoms with van der Waals surface area (Å²) in [6.07, 6.45) is 0. The van der Waals surface area contributed by atoms with Crippen molar-refractivity contribution < 1.29 is 8.42 Å². The number of aryl methyl sites for hydroxylation is 4. The van der Waals surface area contributed by atoms with Crippen molar-refractivity contribution in [3.63, 3.8) is 0 Å². The molecule has 3 rings (SSSR count). The Hall–Kier alpha value is -1.86. The van der Waals surface area contributed by atoms with Gasteiger partial charge in [0.1, 0.15) is 4.90 Å². The minimum Gasteiger partial charge on any atom is -0.369 e. The van der Waals surface area contributed by atoms with Crippen molar-refractivity contribution in [1.82, 2.24) is 14.5 Å². The van der Waals surface area contributed by atoms with E-state index in [0.717, 1.165) is 0 Å². The molecule has 0 amide bonds. The van der Waals surface area contributed by atoms with Crippen LogP contribution < -0.4 is 4.90 Å². The van der Waals surface area contributed by atoms with Gasteiger partial charge in [-0.1, -0.05) is 17.7 Å². The topological polar surface area (TPSA) is 69.3 Å². The average Bonchev–Trinajstić information content (AvgIpc) is 2.87. The molecule has 2 aromatic rings. The molecule has 2 heterocycles. The molecule has 0 atom stereocenters. The lowest BCUT2D eigenvalue weighted by atomic mass is 10.1. The number of sulfonamides is 1. The third kappa shape index (κ3) is 2.93. The zero-order chi connectivity index (χ0) is 17.5. The molecule has 7 heteroatoms. The minimum absolute atomic E-state index is 0.322. The van der Waals surface area contributed by atoms with Crippen LogP contribution in [-0.4, -0.2) is 49.1 Å². The lowest BCUT2D eigenvalue weighted by molar-refractivity contribution is 0.384. The molecule has 0 aliphatic carbocycles. The largest absolute Gasteiger partial charge is 0.369 e. The van der Waals surface area contributed by atoms with Gasteiger partial charge in [0.25, 0.3) is 0 Å². The Labute approximate surface area is 143 Å². The van der Waals surface area contributed by atoms with E-state index in [2.05, 4.69) is 47.1 Å². The quantitative estimate of drug-likeness (QED) is 0.923. The van der Waals surface area contributed by atoms with E-state index < -0.39 is 10.0 Å². The van der Waals surface area contributed by atoms with Crippen LogP contribution in [0.4, 0.5) is 5.69 Å². The summed E-state index contributed by atoms with van der Waals surface area (Å²) in [5.74, 6) is 0. The molecule has 1 N–H and O–H groups in total. The summed E-state index contributed by atoms with van der Waals surface area (Å²) < 4.78 is 27.4. The monoisotopic (exact) mass is 348 g/mol. The van der Waals surface area contributed by atoms with Crippen LogP contribution >= 0.6 is 0 Å². The second-order valence-electron chi connectivity index (χ2n) is 6.44. The summed E-state index contributed by atoms with van der Waals surface area (Å²) in [6.45, 7) is 10.0. The Morgan fingerprint density at radius 3 is 2.25 bits per heavy atom. The highest BCUT2D eigenvalue weighted by molar-refractivity contribution is 7.89. The van der Waals surface area contributed by atoms with Gasteiger partial charge in [0.2, 0.25) is 10.0 Å². The predicted molar refractivity (Wildman–Crippen MR) is 94.9 cm³/mol. The van der Waals surface area contributed by atoms with E-state index in [1.54, 1.807) is 18.2 Å². The first-order valence-electron chi connectivity index (χ1n) is 8.14. The molecule has 1 aliphatic rings. The number of aromatic amines is 1. The molecule has 1 aromatic heterocycles. The second-order valence-corrected chi connectivity index (χ2v) is 8.32. The molecule has 0 radical (unpaired) electrons. The molecular formula is C17H24N4O2S. The van der Waals surface area contributed by atoms with E-state index >= 15 is 0 Å². The van der Waals surface area contributed by atoms with E-state index in [4.69, 9.17) is 0 Å². The average molecular weight is 348 g/mol. The summed E-state index contributed by atoms with van der Waals surface area (Å²) in [5.41, 5.74) is 4.79. The van der Waals surface area contributed by atoms with Crippen LogP contribution in [0.2, 0.25) is 0 Å². The van der Waals surface area contributed by atoms with Crippen molar-refractivity contribution in [2.75, 3.05) is 31.1 Å². The van der Waals surface area contributed by atoms with Crippen molar-refractivity contribution in [3.8, 4) is 0 Å². The highest BCUT2D eigenvalue weighted by Crippen LogP contribution is 2.26. The van der Waals surface area contributed by atoms with Crippen molar-refractivity contribution in [3.05, 3.63) is 40.7 Å². The number of piperazine rings is 1. The van der Waals surface area contributed by atoms with Crippen molar-refractivity contribution in [2.24, 2.45) is 0 Å². The minimum atomic E-state index is -3.49. The van der Waals surface area contributed by atoms with Gasteiger partial charge in [-0.3, -0.25) is 5.10 Å². The van der Waals surface area contributed by atoms with Gasteiger partial charge in [0.05, 0.1) is 11.4 Å². The highest BCUT2D eigenvalue weighted by atomic mass is 32.2. The van der Waals surface area contributed by atoms with E-state index in [1.807, 2.05) is 0 Å². The normalized spacial score (nSPS) is 16.6. The molecule has 0 saturated carbocycles. The third-order valence-electron chi connectivity index (χ3n) is 4.59. The highest BCUT2D eigenvalue weighted by Gasteiger charge is 2.32. The Kier molecular flexibility index (Phi) is 4.40. The number of rotatable bonds is 3. The number of nitrogens with zero attached hydrogens (tertiary/aromatic N) is 3. The molecule has 130 valence electrons. The Balaban J connectivity index is 1.78. The SMILES string of the molecule is Cc1ccc(N2CCN(S(=O)(=O)c3c(C)n[nH]c3C)CC2)c(C)c1. The van der Waals surface area contributed by atoms with E-state index in [0.29, 0.717) is 42.5 Å². The third-order valence-corrected chi connectivity index (χ3v) is 6.75. The van der Waals surface area contributed by atoms with Gasteiger partial charge < -0.3 is 4.90 Å². The van der Waals surface area contributed by atoms with Crippen LogP contribution in [0.25, 0.3) is 0 Å². The first kappa shape index (κ1) is 17.0. The number of anilines is 1. The molecule has 1 saturated heterocycles. The first-order chi connectivity index (χ1) is 11.3. The number of hydrogen-bond donors (Lipinski definition) is 1. The standard InChI is InChI=1S/C17H24N4O2S/c1-12-5-6-16(13(2)11-12)20-7-9-21(10-8-20)24(22,23)17-14(3)18-19-15(17)4/h5-6,11H,7-10H2,1-4H3,(H,18,19). The van der Waals surface area contributed by atoms with Crippen LogP contribution in [0.15, 0.2) is 23.1 Å². The fourth-order valence-electron chi connectivity index (χ4n) is 3.38. The summed E-state index contributed by atoms with van der Waals surface area (Å²) >= 11 is 0. The van der Waals surface area contributed by atoms with Gasteiger partial charge in [-0.25, -0.2) is 8.42 Å². The zero-order valence-electron chi connectivity index (χ0n) is 14.6. The molecule has 1 fully saturated rings. The molecule has 0 unspecified atom stereocenters. The molecule has 0 bridgehead atoms. The van der Waals surface area contributed by atoms with Crippen molar-refractivity contribution >= 4 is 15.7 Å². The predicted octanol–water partition coefficient (Wildman–Crippen LogP) is 2.15. The number of benzene rings is 1. The van der Waals surface area contributed by atoms with Gasteiger partial charge in [-0.05, 0) is 39.3 Å². The van der Waals surface area contributed by atoms with Gasteiger partial charge >= 0.3 is 0 Å². The van der Waals surface area contributed by atoms with E-state index in [9.17, 15) is 8.42 Å². The maximum atomic E-state index is 12.9. The first-order valence-corrected chi connectivity index (χ1v) is 9.58. The molecular weight excluding hydrogens is 324 g/mol. The number of H-pyrrole nitrogens is 1. The van der Waals surface area contributed by atoms with E-state index in [1.165, 1.54) is 16.8 Å². The van der Waals surface area contributed by atoms with Crippen molar-refractivity contribution in [1.29, 1.82) is 0 Å². The number of hydrogen-bond acceptors (Lipinski definition) is 4. The zero-order valence-corrected chi connectivity index (χ0v) is 15.4. The number of aromatic nitrogens is 2. The number of nitrogens with one attached hydrogen (secondary N) is 1. The van der Waals surface area contributed by atoms with Gasteiger partial charge in [-0.2, -0.15) is 9.40 Å². The second kappa shape index (κ2) is 6.22. The fourth-order valence-corrected chi connectivity index (χ4v) is 5.13. The van der Waals surface area contributed by atoms with Crippen LogP contribution in [0.5, 0.6) is 0 Å². The molecule has 1 aliphatic heterocycles.